The summed E-state index contributed by atoms with van der Waals surface area (Å²) >= 11 is 0. The van der Waals surface area contributed by atoms with Gasteiger partial charge in [0.1, 0.15) is 12.4 Å². The Morgan fingerprint density at radius 2 is 2.00 bits per heavy atom. The number of ether oxygens (including phenoxy) is 3. The van der Waals surface area contributed by atoms with Gasteiger partial charge in [-0.25, -0.2) is 4.79 Å². The van der Waals surface area contributed by atoms with Gasteiger partial charge in [-0.15, -0.1) is 0 Å². The van der Waals surface area contributed by atoms with E-state index < -0.39 is 6.09 Å². The second kappa shape index (κ2) is 14.2. The van der Waals surface area contributed by atoms with E-state index in [2.05, 4.69) is 11.9 Å². The van der Waals surface area contributed by atoms with Gasteiger partial charge in [0.2, 0.25) is 0 Å². The molecule has 0 bridgehead atoms. The number of nitrogens with zero attached hydrogens (tertiary/aromatic N) is 1. The van der Waals surface area contributed by atoms with Crippen molar-refractivity contribution >= 4 is 23.5 Å². The van der Waals surface area contributed by atoms with Gasteiger partial charge < -0.3 is 29.0 Å². The highest BCUT2D eigenvalue weighted by Gasteiger charge is 2.30. The summed E-state index contributed by atoms with van der Waals surface area (Å²) in [5.74, 6) is 0.586. The average Bonchev–Trinajstić information content (AvgIpc) is 2.84. The van der Waals surface area contributed by atoms with Crippen LogP contribution in [-0.2, 0) is 9.53 Å². The smallest absolute Gasteiger partial charge is 0.411 e. The highest BCUT2D eigenvalue weighted by atomic mass is 16.5. The zero-order chi connectivity index (χ0) is 24.9. The molecule has 0 unspecified atom stereocenters. The van der Waals surface area contributed by atoms with Crippen molar-refractivity contribution in [3.8, 4) is 11.5 Å². The highest BCUT2D eigenvalue weighted by molar-refractivity contribution is 6.03. The third kappa shape index (κ3) is 8.06. The number of carbonyl (C=O) groups excluding carboxylic acids is 3. The second-order valence-corrected chi connectivity index (χ2v) is 8.25. The molecule has 1 aliphatic rings. The Labute approximate surface area is 201 Å². The Kier molecular flexibility index (Phi) is 11.4. The van der Waals surface area contributed by atoms with Gasteiger partial charge in [-0.1, -0.05) is 12.7 Å². The Bertz CT molecular complexity index is 856. The number of piperidine rings is 1. The molecule has 1 saturated heterocycles. The molecule has 0 radical (unpaired) electrons. The number of amides is 2. The molecule has 0 aromatic heterocycles. The third-order valence-electron chi connectivity index (χ3n) is 5.63. The van der Waals surface area contributed by atoms with E-state index in [4.69, 9.17) is 14.2 Å². The number of hydrogen-bond acceptors (Lipinski definition) is 7. The zero-order valence-corrected chi connectivity index (χ0v) is 20.1. The number of rotatable bonds is 13. The molecule has 2 amide bonds. The lowest BCUT2D eigenvalue weighted by molar-refractivity contribution is -0.117. The summed E-state index contributed by atoms with van der Waals surface area (Å²) in [6, 6.07) is 2.81. The molecular weight excluding hydrogens is 440 g/mol. The predicted molar refractivity (Wildman–Crippen MR) is 129 cm³/mol. The van der Waals surface area contributed by atoms with E-state index in [-0.39, 0.29) is 42.2 Å². The van der Waals surface area contributed by atoms with Crippen molar-refractivity contribution in [2.75, 3.05) is 38.8 Å². The largest absolute Gasteiger partial charge is 0.493 e. The highest BCUT2D eigenvalue weighted by Crippen LogP contribution is 2.35. The van der Waals surface area contributed by atoms with Crippen molar-refractivity contribution in [3.63, 3.8) is 0 Å². The first kappa shape index (κ1) is 27.2. The van der Waals surface area contributed by atoms with E-state index in [1.807, 2.05) is 0 Å². The minimum atomic E-state index is -0.730. The summed E-state index contributed by atoms with van der Waals surface area (Å²) in [5, 5.41) is 12.4. The van der Waals surface area contributed by atoms with Crippen molar-refractivity contribution in [1.29, 1.82) is 0 Å². The van der Waals surface area contributed by atoms with Crippen LogP contribution in [0.1, 0.15) is 62.2 Å². The van der Waals surface area contributed by atoms with Gasteiger partial charge in [-0.05, 0) is 51.5 Å². The lowest BCUT2D eigenvalue weighted by Crippen LogP contribution is -2.45. The van der Waals surface area contributed by atoms with E-state index >= 15 is 0 Å². The molecular formula is C25H36N2O7. The van der Waals surface area contributed by atoms with Crippen LogP contribution in [0.5, 0.6) is 11.5 Å². The molecule has 1 aliphatic heterocycles. The monoisotopic (exact) mass is 476 g/mol. The Hall–Kier alpha value is -3.07. The van der Waals surface area contributed by atoms with E-state index in [1.54, 1.807) is 24.0 Å². The molecule has 2 N–H and O–H groups in total. The van der Waals surface area contributed by atoms with Crippen molar-refractivity contribution in [1.82, 2.24) is 4.90 Å². The summed E-state index contributed by atoms with van der Waals surface area (Å²) in [6.45, 7) is 5.90. The fourth-order valence-corrected chi connectivity index (χ4v) is 3.84. The van der Waals surface area contributed by atoms with Gasteiger partial charge in [0.15, 0.2) is 11.5 Å². The average molecular weight is 477 g/mol. The number of aliphatic hydroxyl groups excluding tert-OH is 1. The van der Waals surface area contributed by atoms with Gasteiger partial charge in [0.05, 0.1) is 37.6 Å². The van der Waals surface area contributed by atoms with Crippen LogP contribution in [0.25, 0.3) is 0 Å². The molecule has 0 spiro atoms. The molecule has 188 valence electrons. The van der Waals surface area contributed by atoms with E-state index in [0.717, 1.165) is 32.1 Å². The second-order valence-electron chi connectivity index (χ2n) is 8.25. The van der Waals surface area contributed by atoms with Crippen LogP contribution in [0.2, 0.25) is 0 Å². The molecule has 9 nitrogen and oxygen atoms in total. The number of nitrogens with one attached hydrogen (secondary N) is 1. The fraction of sp³-hybridized carbons (Fsp3) is 0.560. The normalized spacial score (nSPS) is 15.4. The lowest BCUT2D eigenvalue weighted by atomic mass is 10.0. The van der Waals surface area contributed by atoms with Crippen molar-refractivity contribution in [3.05, 3.63) is 30.4 Å². The van der Waals surface area contributed by atoms with Gasteiger partial charge in [0.25, 0.3) is 5.91 Å². The number of methoxy groups -OCH3 is 1. The van der Waals surface area contributed by atoms with Crippen LogP contribution in [0, 0.1) is 0 Å². The molecule has 9 heteroatoms. The SMILES string of the molecule is C=CCOC(=O)Nc1cc(OCCCCCC(C)=O)c(OC)cc1C(=O)N1CCCC[C@H]1CO. The maximum atomic E-state index is 13.4. The summed E-state index contributed by atoms with van der Waals surface area (Å²) in [7, 11) is 1.48. The van der Waals surface area contributed by atoms with Gasteiger partial charge in [0, 0.05) is 19.0 Å². The van der Waals surface area contributed by atoms with Crippen LogP contribution in [0.15, 0.2) is 24.8 Å². The zero-order valence-electron chi connectivity index (χ0n) is 20.1. The van der Waals surface area contributed by atoms with E-state index in [0.29, 0.717) is 37.5 Å². The standard InChI is InChI=1S/C25H36N2O7/c1-4-13-34-25(31)26-21-16-23(33-14-9-5-6-10-18(2)29)22(32-3)15-20(21)24(30)27-12-8-7-11-19(27)17-28/h4,15-16,19,28H,1,5-14,17H2,2-3H3,(H,26,31)/t19-/m0/s1. The van der Waals surface area contributed by atoms with Crippen LogP contribution in [0.4, 0.5) is 10.5 Å². The molecule has 1 atom stereocenters. The molecule has 1 aromatic carbocycles. The number of aliphatic hydroxyl groups is 1. The van der Waals surface area contributed by atoms with Crippen LogP contribution in [0.3, 0.4) is 0 Å². The molecule has 1 fully saturated rings. The van der Waals surface area contributed by atoms with Gasteiger partial charge in [-0.2, -0.15) is 0 Å². The summed E-state index contributed by atoms with van der Waals surface area (Å²) < 4.78 is 16.4. The first-order valence-electron chi connectivity index (χ1n) is 11.7. The number of Topliss-reactive ketones (excluding diaryl/α,β-unsaturated/α-hetero) is 1. The van der Waals surface area contributed by atoms with Crippen molar-refractivity contribution < 1.29 is 33.7 Å². The Morgan fingerprint density at radius 1 is 1.21 bits per heavy atom. The molecule has 1 aromatic rings. The van der Waals surface area contributed by atoms with Gasteiger partial charge >= 0.3 is 6.09 Å². The quantitative estimate of drug-likeness (QED) is 0.327. The molecule has 34 heavy (non-hydrogen) atoms. The summed E-state index contributed by atoms with van der Waals surface area (Å²) in [5.41, 5.74) is 0.454. The molecule has 0 saturated carbocycles. The number of hydrogen-bond donors (Lipinski definition) is 2. The number of anilines is 1. The topological polar surface area (TPSA) is 114 Å². The third-order valence-corrected chi connectivity index (χ3v) is 5.63. The van der Waals surface area contributed by atoms with E-state index in [9.17, 15) is 19.5 Å². The van der Waals surface area contributed by atoms with Crippen LogP contribution < -0.4 is 14.8 Å². The minimum Gasteiger partial charge on any atom is -0.493 e. The number of carbonyl (C=O) groups is 3. The number of likely N-dealkylation sites (tertiary alicyclic amines) is 1. The summed E-state index contributed by atoms with van der Waals surface area (Å²) in [4.78, 5) is 38.4. The first-order valence-corrected chi connectivity index (χ1v) is 11.7. The van der Waals surface area contributed by atoms with E-state index in [1.165, 1.54) is 13.2 Å². The number of unbranched alkanes of at least 4 members (excludes halogenated alkanes) is 2. The first-order chi connectivity index (χ1) is 16.4. The molecule has 0 aliphatic carbocycles. The molecule has 1 heterocycles. The van der Waals surface area contributed by atoms with Crippen LogP contribution in [-0.4, -0.2) is 67.3 Å². The summed E-state index contributed by atoms with van der Waals surface area (Å²) in [6.07, 6.45) is 6.15. The Balaban J connectivity index is 2.26. The van der Waals surface area contributed by atoms with Gasteiger partial charge in [-0.3, -0.25) is 10.1 Å². The minimum absolute atomic E-state index is 0.0214. The fourth-order valence-electron chi connectivity index (χ4n) is 3.84. The number of benzene rings is 1. The maximum Gasteiger partial charge on any atom is 0.411 e. The predicted octanol–water partition coefficient (Wildman–Crippen LogP) is 3.94. The van der Waals surface area contributed by atoms with Crippen molar-refractivity contribution in [2.45, 2.75) is 57.9 Å². The lowest BCUT2D eigenvalue weighted by Gasteiger charge is -2.35. The van der Waals surface area contributed by atoms with Crippen LogP contribution >= 0.6 is 0 Å². The molecule has 2 rings (SSSR count). The Morgan fingerprint density at radius 3 is 2.68 bits per heavy atom. The maximum absolute atomic E-state index is 13.4. The number of ketones is 1. The van der Waals surface area contributed by atoms with Crippen molar-refractivity contribution in [2.24, 2.45) is 0 Å².